The lowest BCUT2D eigenvalue weighted by molar-refractivity contribution is -0.142. The van der Waals surface area contributed by atoms with Crippen LogP contribution in [-0.2, 0) is 11.3 Å². The Morgan fingerprint density at radius 1 is 1.44 bits per heavy atom. The van der Waals surface area contributed by atoms with Crippen molar-refractivity contribution in [2.24, 2.45) is 0 Å². The lowest BCUT2D eigenvalue weighted by Crippen LogP contribution is -2.35. The van der Waals surface area contributed by atoms with Crippen molar-refractivity contribution in [1.82, 2.24) is 4.90 Å². The molecule has 1 aromatic heterocycles. The Bertz CT molecular complexity index is 575. The smallest absolute Gasteiger partial charge is 0.320 e. The van der Waals surface area contributed by atoms with E-state index >= 15 is 0 Å². The lowest BCUT2D eigenvalue weighted by Gasteiger charge is -2.20. The van der Waals surface area contributed by atoms with Crippen molar-refractivity contribution < 1.29 is 14.3 Å². The number of benzene rings is 1. The molecule has 1 saturated heterocycles. The van der Waals surface area contributed by atoms with E-state index in [9.17, 15) is 4.79 Å². The molecule has 2 heterocycles. The van der Waals surface area contributed by atoms with Crippen LogP contribution in [0.1, 0.15) is 18.4 Å². The Hall–Kier alpha value is -1.81. The van der Waals surface area contributed by atoms with Crippen molar-refractivity contribution in [1.29, 1.82) is 0 Å². The van der Waals surface area contributed by atoms with Gasteiger partial charge in [0, 0.05) is 17.5 Å². The average molecular weight is 245 g/mol. The van der Waals surface area contributed by atoms with E-state index < -0.39 is 5.97 Å². The Balaban J connectivity index is 1.86. The van der Waals surface area contributed by atoms with Crippen molar-refractivity contribution in [2.75, 3.05) is 6.54 Å². The van der Waals surface area contributed by atoms with Gasteiger partial charge >= 0.3 is 5.97 Å². The van der Waals surface area contributed by atoms with Gasteiger partial charge < -0.3 is 9.52 Å². The number of fused-ring (bicyclic) bond motifs is 1. The van der Waals surface area contributed by atoms with E-state index in [0.29, 0.717) is 6.54 Å². The van der Waals surface area contributed by atoms with Crippen molar-refractivity contribution >= 4 is 16.9 Å². The summed E-state index contributed by atoms with van der Waals surface area (Å²) in [6.45, 7) is 1.49. The van der Waals surface area contributed by atoms with Crippen molar-refractivity contribution in [3.63, 3.8) is 0 Å². The summed E-state index contributed by atoms with van der Waals surface area (Å²) < 4.78 is 5.48. The van der Waals surface area contributed by atoms with Crippen LogP contribution in [0.5, 0.6) is 0 Å². The summed E-state index contributed by atoms with van der Waals surface area (Å²) in [6, 6.07) is 7.50. The maximum Gasteiger partial charge on any atom is 0.320 e. The Kier molecular flexibility index (Phi) is 2.80. The van der Waals surface area contributed by atoms with E-state index in [2.05, 4.69) is 0 Å². The van der Waals surface area contributed by atoms with E-state index in [-0.39, 0.29) is 6.04 Å². The van der Waals surface area contributed by atoms with Crippen LogP contribution in [0, 0.1) is 0 Å². The summed E-state index contributed by atoms with van der Waals surface area (Å²) >= 11 is 0. The van der Waals surface area contributed by atoms with Crippen LogP contribution in [0.15, 0.2) is 34.9 Å². The van der Waals surface area contributed by atoms with Gasteiger partial charge in [0.05, 0.1) is 6.26 Å². The van der Waals surface area contributed by atoms with Crippen LogP contribution in [0.4, 0.5) is 0 Å². The molecule has 1 fully saturated rings. The molecule has 4 nitrogen and oxygen atoms in total. The van der Waals surface area contributed by atoms with Gasteiger partial charge in [-0.15, -0.1) is 0 Å². The molecular formula is C14H15NO3. The second-order valence-corrected chi connectivity index (χ2v) is 4.72. The van der Waals surface area contributed by atoms with Crippen LogP contribution in [0.25, 0.3) is 11.0 Å². The van der Waals surface area contributed by atoms with Gasteiger partial charge in [0.25, 0.3) is 0 Å². The lowest BCUT2D eigenvalue weighted by atomic mass is 10.1. The van der Waals surface area contributed by atoms with Gasteiger partial charge in [0.15, 0.2) is 0 Å². The summed E-state index contributed by atoms with van der Waals surface area (Å²) in [4.78, 5) is 13.2. The maximum atomic E-state index is 11.1. The quantitative estimate of drug-likeness (QED) is 0.902. The summed E-state index contributed by atoms with van der Waals surface area (Å²) in [5.41, 5.74) is 1.93. The largest absolute Gasteiger partial charge is 0.480 e. The van der Waals surface area contributed by atoms with Gasteiger partial charge in [-0.3, -0.25) is 9.69 Å². The number of carbonyl (C=O) groups is 1. The number of hydrogen-bond acceptors (Lipinski definition) is 3. The zero-order valence-corrected chi connectivity index (χ0v) is 10.0. The highest BCUT2D eigenvalue weighted by molar-refractivity contribution is 5.81. The Labute approximate surface area is 105 Å². The van der Waals surface area contributed by atoms with E-state index in [0.717, 1.165) is 35.9 Å². The first kappa shape index (κ1) is 11.3. The fourth-order valence-electron chi connectivity index (χ4n) is 2.67. The number of carboxylic acid groups (broad SMARTS) is 1. The topological polar surface area (TPSA) is 53.7 Å². The van der Waals surface area contributed by atoms with E-state index in [1.807, 2.05) is 29.2 Å². The number of para-hydroxylation sites is 1. The molecule has 0 amide bonds. The maximum absolute atomic E-state index is 11.1. The number of aliphatic carboxylic acids is 1. The zero-order chi connectivity index (χ0) is 12.5. The van der Waals surface area contributed by atoms with Gasteiger partial charge in [-0.25, -0.2) is 0 Å². The molecule has 1 unspecified atom stereocenters. The summed E-state index contributed by atoms with van der Waals surface area (Å²) in [5, 5.41) is 10.2. The SMILES string of the molecule is O=C(O)C1CCCN1Cc1coc2ccccc12. The predicted octanol–water partition coefficient (Wildman–Crippen LogP) is 2.48. The van der Waals surface area contributed by atoms with Crippen LogP contribution in [0.3, 0.4) is 0 Å². The molecule has 0 spiro atoms. The van der Waals surface area contributed by atoms with Gasteiger partial charge in [-0.05, 0) is 25.5 Å². The third-order valence-corrected chi connectivity index (χ3v) is 3.58. The van der Waals surface area contributed by atoms with Crippen molar-refractivity contribution in [3.05, 3.63) is 36.1 Å². The molecule has 0 radical (unpaired) electrons. The first-order valence-corrected chi connectivity index (χ1v) is 6.17. The second-order valence-electron chi connectivity index (χ2n) is 4.72. The molecule has 1 aliphatic rings. The highest BCUT2D eigenvalue weighted by Crippen LogP contribution is 2.26. The van der Waals surface area contributed by atoms with E-state index in [1.165, 1.54) is 0 Å². The molecular weight excluding hydrogens is 230 g/mol. The number of nitrogens with zero attached hydrogens (tertiary/aromatic N) is 1. The highest BCUT2D eigenvalue weighted by atomic mass is 16.4. The van der Waals surface area contributed by atoms with Gasteiger partial charge in [0.1, 0.15) is 11.6 Å². The number of rotatable bonds is 3. The molecule has 2 aromatic rings. The standard InChI is InChI=1S/C14H15NO3/c16-14(17)12-5-3-7-15(12)8-10-9-18-13-6-2-1-4-11(10)13/h1-2,4,6,9,12H,3,5,7-8H2,(H,16,17). The molecule has 94 valence electrons. The van der Waals surface area contributed by atoms with Gasteiger partial charge in [-0.1, -0.05) is 18.2 Å². The second kappa shape index (κ2) is 4.46. The minimum Gasteiger partial charge on any atom is -0.480 e. The van der Waals surface area contributed by atoms with Crippen molar-refractivity contribution in [2.45, 2.75) is 25.4 Å². The van der Waals surface area contributed by atoms with E-state index in [1.54, 1.807) is 6.26 Å². The molecule has 1 N–H and O–H groups in total. The van der Waals surface area contributed by atoms with Gasteiger partial charge in [0.2, 0.25) is 0 Å². The Morgan fingerprint density at radius 2 is 2.28 bits per heavy atom. The minimum atomic E-state index is -0.722. The van der Waals surface area contributed by atoms with Crippen LogP contribution < -0.4 is 0 Å². The fraction of sp³-hybridized carbons (Fsp3) is 0.357. The molecule has 0 bridgehead atoms. The number of carboxylic acids is 1. The van der Waals surface area contributed by atoms with Crippen LogP contribution in [0.2, 0.25) is 0 Å². The third-order valence-electron chi connectivity index (χ3n) is 3.58. The van der Waals surface area contributed by atoms with Crippen LogP contribution >= 0.6 is 0 Å². The molecule has 1 atom stereocenters. The molecule has 1 aromatic carbocycles. The first-order valence-electron chi connectivity index (χ1n) is 6.17. The zero-order valence-electron chi connectivity index (χ0n) is 10.0. The Morgan fingerprint density at radius 3 is 3.11 bits per heavy atom. The number of likely N-dealkylation sites (tertiary alicyclic amines) is 1. The summed E-state index contributed by atoms with van der Waals surface area (Å²) in [7, 11) is 0. The molecule has 0 aliphatic carbocycles. The van der Waals surface area contributed by atoms with Crippen molar-refractivity contribution in [3.8, 4) is 0 Å². The normalized spacial score (nSPS) is 20.6. The first-order chi connectivity index (χ1) is 8.75. The molecule has 18 heavy (non-hydrogen) atoms. The monoisotopic (exact) mass is 245 g/mol. The molecule has 0 saturated carbocycles. The van der Waals surface area contributed by atoms with Gasteiger partial charge in [-0.2, -0.15) is 0 Å². The van der Waals surface area contributed by atoms with E-state index in [4.69, 9.17) is 9.52 Å². The fourth-order valence-corrected chi connectivity index (χ4v) is 2.67. The number of furan rings is 1. The molecule has 1 aliphatic heterocycles. The molecule has 3 rings (SSSR count). The number of hydrogen-bond donors (Lipinski definition) is 1. The third kappa shape index (κ3) is 1.88. The summed E-state index contributed by atoms with van der Waals surface area (Å²) in [6.07, 6.45) is 3.43. The highest BCUT2D eigenvalue weighted by Gasteiger charge is 2.30. The average Bonchev–Trinajstić information content (AvgIpc) is 2.97. The minimum absolute atomic E-state index is 0.348. The summed E-state index contributed by atoms with van der Waals surface area (Å²) in [5.74, 6) is -0.722. The van der Waals surface area contributed by atoms with Crippen LogP contribution in [-0.4, -0.2) is 28.6 Å². The predicted molar refractivity (Wildman–Crippen MR) is 67.3 cm³/mol. The molecule has 4 heteroatoms.